The molecule has 268 valence electrons. The minimum atomic E-state index is -4.84. The predicted molar refractivity (Wildman–Crippen MR) is 187 cm³/mol. The number of morpholine rings is 1. The lowest BCUT2D eigenvalue weighted by molar-refractivity contribution is -0.142. The third-order valence-corrected chi connectivity index (χ3v) is 9.72. The Morgan fingerprint density at radius 1 is 0.788 bits per heavy atom. The van der Waals surface area contributed by atoms with Crippen LogP contribution in [-0.2, 0) is 22.1 Å². The zero-order chi connectivity index (χ0) is 36.9. The average molecular weight is 711 g/mol. The number of nitrogens with zero attached hydrogens (tertiary/aromatic N) is 3. The fraction of sp³-hybridized carbons (Fsp3) is 0.300. The third-order valence-electron chi connectivity index (χ3n) is 9.72. The first-order valence-corrected chi connectivity index (χ1v) is 17.0. The molecule has 1 atom stereocenters. The number of piperidine rings is 1. The zero-order valence-corrected chi connectivity index (χ0v) is 28.2. The van der Waals surface area contributed by atoms with Gasteiger partial charge in [0.15, 0.2) is 0 Å². The van der Waals surface area contributed by atoms with E-state index in [1.807, 2.05) is 24.3 Å². The Morgan fingerprint density at radius 2 is 1.40 bits per heavy atom. The number of likely N-dealkylation sites (tertiary alicyclic amines) is 1. The Balaban J connectivity index is 1.28. The normalized spacial score (nSPS) is 16.4. The Morgan fingerprint density at radius 3 is 2.08 bits per heavy atom. The van der Waals surface area contributed by atoms with Gasteiger partial charge in [-0.2, -0.15) is 18.4 Å². The van der Waals surface area contributed by atoms with E-state index >= 15 is 0 Å². The van der Waals surface area contributed by atoms with Gasteiger partial charge in [-0.15, -0.1) is 0 Å². The summed E-state index contributed by atoms with van der Waals surface area (Å²) < 4.78 is 46.7. The van der Waals surface area contributed by atoms with Crippen LogP contribution >= 0.6 is 0 Å². The van der Waals surface area contributed by atoms with Gasteiger partial charge in [0.25, 0.3) is 17.7 Å². The maximum absolute atomic E-state index is 14.1. The molecule has 0 bridgehead atoms. The molecule has 52 heavy (non-hydrogen) atoms. The lowest BCUT2D eigenvalue weighted by atomic mass is 9.75. The van der Waals surface area contributed by atoms with Crippen molar-refractivity contribution in [3.8, 4) is 17.2 Å². The summed E-state index contributed by atoms with van der Waals surface area (Å²) in [5.74, 6) is -1.85. The van der Waals surface area contributed by atoms with Crippen LogP contribution in [0, 0.1) is 17.2 Å². The van der Waals surface area contributed by atoms with Crippen LogP contribution in [0.3, 0.4) is 0 Å². The highest BCUT2D eigenvalue weighted by molar-refractivity contribution is 5.98. The molecule has 0 unspecified atom stereocenters. The highest BCUT2D eigenvalue weighted by Gasteiger charge is 2.46. The number of aliphatic hydroxyl groups is 1. The minimum absolute atomic E-state index is 0.110. The second-order valence-electron chi connectivity index (χ2n) is 13.0. The molecule has 12 heteroatoms. The van der Waals surface area contributed by atoms with Gasteiger partial charge in [-0.3, -0.25) is 14.4 Å². The van der Waals surface area contributed by atoms with Crippen molar-refractivity contribution in [2.75, 3.05) is 44.7 Å². The molecule has 3 amide bonds. The summed E-state index contributed by atoms with van der Waals surface area (Å²) in [5.41, 5.74) is -1.02. The fourth-order valence-electron chi connectivity index (χ4n) is 6.88. The molecule has 2 aliphatic heterocycles. The molecule has 2 saturated heterocycles. The summed E-state index contributed by atoms with van der Waals surface area (Å²) in [4.78, 5) is 43.8. The zero-order valence-electron chi connectivity index (χ0n) is 28.2. The van der Waals surface area contributed by atoms with Gasteiger partial charge in [-0.25, -0.2) is 0 Å². The van der Waals surface area contributed by atoms with Crippen LogP contribution in [0.4, 0.5) is 18.9 Å². The number of nitriles is 1. The largest absolute Gasteiger partial charge is 0.417 e. The Hall–Kier alpha value is -5.51. The van der Waals surface area contributed by atoms with Gasteiger partial charge in [0, 0.05) is 55.3 Å². The Labute approximate surface area is 299 Å². The smallest absolute Gasteiger partial charge is 0.379 e. The van der Waals surface area contributed by atoms with Crippen molar-refractivity contribution < 1.29 is 37.4 Å². The van der Waals surface area contributed by atoms with Gasteiger partial charge in [0.1, 0.15) is 5.60 Å². The van der Waals surface area contributed by atoms with Crippen molar-refractivity contribution >= 4 is 23.4 Å². The molecule has 0 aliphatic carbocycles. The number of rotatable bonds is 8. The van der Waals surface area contributed by atoms with E-state index in [1.165, 1.54) is 12.1 Å². The number of carbonyl (C=O) groups is 3. The summed E-state index contributed by atoms with van der Waals surface area (Å²) in [6.07, 6.45) is -4.51. The van der Waals surface area contributed by atoms with E-state index in [-0.39, 0.29) is 49.9 Å². The van der Waals surface area contributed by atoms with Crippen molar-refractivity contribution in [3.63, 3.8) is 0 Å². The number of hydrogen-bond donors (Lipinski definition) is 2. The van der Waals surface area contributed by atoms with Gasteiger partial charge >= 0.3 is 6.18 Å². The minimum Gasteiger partial charge on any atom is -0.379 e. The number of alkyl halides is 3. The average Bonchev–Trinajstić information content (AvgIpc) is 3.17. The number of carbonyl (C=O) groups excluding carboxylic acids is 3. The van der Waals surface area contributed by atoms with Gasteiger partial charge in [-0.1, -0.05) is 54.6 Å². The maximum Gasteiger partial charge on any atom is 0.417 e. The molecule has 4 aromatic rings. The van der Waals surface area contributed by atoms with Crippen LogP contribution in [0.2, 0.25) is 0 Å². The van der Waals surface area contributed by atoms with Gasteiger partial charge < -0.3 is 25.0 Å². The summed E-state index contributed by atoms with van der Waals surface area (Å²) in [5, 5.41) is 24.1. The summed E-state index contributed by atoms with van der Waals surface area (Å²) in [7, 11) is 0. The number of ether oxygens (including phenoxy) is 1. The van der Waals surface area contributed by atoms with Crippen LogP contribution in [0.5, 0.6) is 0 Å². The molecule has 9 nitrogen and oxygen atoms in total. The molecular formula is C40H37F3N4O5. The van der Waals surface area contributed by atoms with Crippen molar-refractivity contribution in [1.29, 1.82) is 5.26 Å². The standard InChI is InChI=1S/C40H37F3N4O5/c41-40(42,43)35-24-34(13-12-32(35)26-44)45-38(50)39(51,33-14-16-46(17-15-33)36(48)28-7-2-1-3-8-28)25-27-6-4-9-29(22-27)30-10-5-11-31(23-30)37(49)47-18-20-52-21-19-47/h1-13,22-24,33,51H,14-21,25H2,(H,45,50)/t39-/m1/s1. The van der Waals surface area contributed by atoms with Gasteiger partial charge in [-0.05, 0) is 72.0 Å². The number of halogens is 3. The summed E-state index contributed by atoms with van der Waals surface area (Å²) in [6.45, 7) is 2.46. The number of anilines is 1. The molecule has 2 N–H and O–H groups in total. The van der Waals surface area contributed by atoms with Crippen molar-refractivity contribution in [2.24, 2.45) is 5.92 Å². The van der Waals surface area contributed by atoms with E-state index in [1.54, 1.807) is 64.4 Å². The molecule has 0 radical (unpaired) electrons. The summed E-state index contributed by atoms with van der Waals surface area (Å²) in [6, 6.07) is 27.5. The first-order chi connectivity index (χ1) is 25.0. The van der Waals surface area contributed by atoms with E-state index in [0.717, 1.165) is 17.2 Å². The highest BCUT2D eigenvalue weighted by atomic mass is 19.4. The number of nitrogens with one attached hydrogen (secondary N) is 1. The number of amides is 3. The molecule has 6 rings (SSSR count). The topological polar surface area (TPSA) is 123 Å². The maximum atomic E-state index is 14.1. The number of benzene rings is 4. The SMILES string of the molecule is N#Cc1ccc(NC(=O)[C@@](O)(Cc2cccc(-c3cccc(C(=O)N4CCOCC4)c3)c2)C2CCN(C(=O)c3ccccc3)CC2)cc1C(F)(F)F. The number of hydrogen-bond acceptors (Lipinski definition) is 6. The Kier molecular flexibility index (Phi) is 10.7. The van der Waals surface area contributed by atoms with Crippen LogP contribution in [-0.4, -0.2) is 77.6 Å². The Bertz CT molecular complexity index is 1980. The highest BCUT2D eigenvalue weighted by Crippen LogP contribution is 2.37. The predicted octanol–water partition coefficient (Wildman–Crippen LogP) is 6.18. The monoisotopic (exact) mass is 710 g/mol. The van der Waals surface area contributed by atoms with Crippen molar-refractivity contribution in [3.05, 3.63) is 125 Å². The van der Waals surface area contributed by atoms with E-state index in [4.69, 9.17) is 4.74 Å². The molecule has 0 spiro atoms. The van der Waals surface area contributed by atoms with Crippen LogP contribution in [0.15, 0.2) is 97.1 Å². The molecule has 0 saturated carbocycles. The third kappa shape index (κ3) is 8.01. The van der Waals surface area contributed by atoms with Gasteiger partial charge in [0.2, 0.25) is 0 Å². The van der Waals surface area contributed by atoms with Gasteiger partial charge in [0.05, 0.1) is 30.4 Å². The summed E-state index contributed by atoms with van der Waals surface area (Å²) >= 11 is 0. The second-order valence-corrected chi connectivity index (χ2v) is 13.0. The molecule has 4 aromatic carbocycles. The lowest BCUT2D eigenvalue weighted by Gasteiger charge is -2.40. The molecule has 0 aromatic heterocycles. The van der Waals surface area contributed by atoms with Crippen molar-refractivity contribution in [1.82, 2.24) is 9.80 Å². The van der Waals surface area contributed by atoms with Crippen LogP contribution in [0.25, 0.3) is 11.1 Å². The lowest BCUT2D eigenvalue weighted by Crippen LogP contribution is -2.54. The van der Waals surface area contributed by atoms with Crippen LogP contribution < -0.4 is 5.32 Å². The van der Waals surface area contributed by atoms with E-state index in [9.17, 15) is 37.9 Å². The quantitative estimate of drug-likeness (QED) is 0.225. The molecule has 2 aliphatic rings. The molecule has 2 fully saturated rings. The fourth-order valence-corrected chi connectivity index (χ4v) is 6.88. The first kappa shape index (κ1) is 36.3. The first-order valence-electron chi connectivity index (χ1n) is 17.0. The molecule has 2 heterocycles. The van der Waals surface area contributed by atoms with E-state index in [2.05, 4.69) is 5.32 Å². The van der Waals surface area contributed by atoms with Crippen LogP contribution in [0.1, 0.15) is 50.2 Å². The van der Waals surface area contributed by atoms with E-state index in [0.29, 0.717) is 49.1 Å². The van der Waals surface area contributed by atoms with E-state index < -0.39 is 34.7 Å². The van der Waals surface area contributed by atoms with Crippen molar-refractivity contribution in [2.45, 2.75) is 31.0 Å². The second kappa shape index (κ2) is 15.4. The molecular weight excluding hydrogens is 673 g/mol.